The molecule has 1 aromatic rings. The van der Waals surface area contributed by atoms with Crippen molar-refractivity contribution in [3.63, 3.8) is 0 Å². The smallest absolute Gasteiger partial charge is 0.400 e. The first-order chi connectivity index (χ1) is 9.51. The van der Waals surface area contributed by atoms with Crippen molar-refractivity contribution in [2.45, 2.75) is 45.1 Å². The van der Waals surface area contributed by atoms with E-state index in [2.05, 4.69) is 4.98 Å². The normalized spacial score (nSPS) is 21.2. The highest BCUT2D eigenvalue weighted by atomic mass is 19.4. The minimum atomic E-state index is -4.37. The van der Waals surface area contributed by atoms with E-state index in [1.807, 2.05) is 27.7 Å². The standard InChI is InChI=1S/C14H17BF3NO2/c1-12(2)13(3,4)21-15(20-12)8-7-11-6-5-10(9-19-11)14(16,17)18/h5-9H,1-4H3. The minimum absolute atomic E-state index is 0.415. The third-order valence-corrected chi connectivity index (χ3v) is 3.81. The summed E-state index contributed by atoms with van der Waals surface area (Å²) in [6.45, 7) is 7.71. The SMILES string of the molecule is CC1(C)OB(C=Cc2ccc(C(F)(F)F)cn2)OC1(C)C. The van der Waals surface area contributed by atoms with Crippen LogP contribution in [0.2, 0.25) is 0 Å². The van der Waals surface area contributed by atoms with Crippen molar-refractivity contribution in [2.75, 3.05) is 0 Å². The summed E-state index contributed by atoms with van der Waals surface area (Å²) in [5, 5.41) is 0. The van der Waals surface area contributed by atoms with Gasteiger partial charge < -0.3 is 9.31 Å². The van der Waals surface area contributed by atoms with Crippen molar-refractivity contribution >= 4 is 13.2 Å². The monoisotopic (exact) mass is 299 g/mol. The average molecular weight is 299 g/mol. The molecular weight excluding hydrogens is 282 g/mol. The third-order valence-electron chi connectivity index (χ3n) is 3.81. The first-order valence-corrected chi connectivity index (χ1v) is 6.58. The Labute approximate surface area is 122 Å². The van der Waals surface area contributed by atoms with Gasteiger partial charge in [-0.05, 0) is 45.9 Å². The van der Waals surface area contributed by atoms with Crippen molar-refractivity contribution < 1.29 is 22.5 Å². The number of hydrogen-bond donors (Lipinski definition) is 0. The first-order valence-electron chi connectivity index (χ1n) is 6.58. The van der Waals surface area contributed by atoms with Crippen LogP contribution in [0.4, 0.5) is 13.2 Å². The number of rotatable bonds is 2. The van der Waals surface area contributed by atoms with Gasteiger partial charge in [-0.2, -0.15) is 13.2 Å². The van der Waals surface area contributed by atoms with Crippen LogP contribution in [-0.4, -0.2) is 23.3 Å². The highest BCUT2D eigenvalue weighted by Gasteiger charge is 2.50. The maximum atomic E-state index is 12.4. The molecule has 2 heterocycles. The van der Waals surface area contributed by atoms with Gasteiger partial charge in [-0.15, -0.1) is 0 Å². The second-order valence-corrected chi connectivity index (χ2v) is 5.95. The Kier molecular flexibility index (Phi) is 3.93. The number of alkyl halides is 3. The molecule has 114 valence electrons. The van der Waals surface area contributed by atoms with E-state index in [0.717, 1.165) is 12.3 Å². The Morgan fingerprint density at radius 2 is 1.67 bits per heavy atom. The quantitative estimate of drug-likeness (QED) is 0.779. The molecule has 0 saturated carbocycles. The predicted octanol–water partition coefficient (Wildman–Crippen LogP) is 3.75. The molecule has 1 aromatic heterocycles. The van der Waals surface area contributed by atoms with Crippen molar-refractivity contribution in [3.05, 3.63) is 35.6 Å². The lowest BCUT2D eigenvalue weighted by Crippen LogP contribution is -2.41. The summed E-state index contributed by atoms with van der Waals surface area (Å²) in [5.74, 6) is 1.64. The van der Waals surface area contributed by atoms with Gasteiger partial charge in [-0.25, -0.2) is 0 Å². The van der Waals surface area contributed by atoms with Crippen LogP contribution in [0.3, 0.4) is 0 Å². The van der Waals surface area contributed by atoms with Crippen LogP contribution in [0.5, 0.6) is 0 Å². The second kappa shape index (κ2) is 5.14. The molecule has 1 fully saturated rings. The van der Waals surface area contributed by atoms with Crippen LogP contribution in [0.1, 0.15) is 39.0 Å². The fourth-order valence-corrected chi connectivity index (χ4v) is 1.82. The van der Waals surface area contributed by atoms with Gasteiger partial charge in [0.15, 0.2) is 0 Å². The zero-order valence-electron chi connectivity index (χ0n) is 12.4. The average Bonchev–Trinajstić information content (AvgIpc) is 2.55. The van der Waals surface area contributed by atoms with Crippen LogP contribution >= 0.6 is 0 Å². The maximum Gasteiger partial charge on any atom is 0.487 e. The van der Waals surface area contributed by atoms with Crippen LogP contribution in [-0.2, 0) is 15.5 Å². The first kappa shape index (κ1) is 16.0. The molecule has 0 N–H and O–H groups in total. The Balaban J connectivity index is 2.06. The summed E-state index contributed by atoms with van der Waals surface area (Å²) in [6.07, 6.45) is -1.98. The van der Waals surface area contributed by atoms with E-state index in [1.54, 1.807) is 12.1 Å². The molecular formula is C14H17BF3NO2. The van der Waals surface area contributed by atoms with E-state index >= 15 is 0 Å². The lowest BCUT2D eigenvalue weighted by atomic mass is 9.89. The van der Waals surface area contributed by atoms with Crippen LogP contribution < -0.4 is 0 Å². The highest BCUT2D eigenvalue weighted by Crippen LogP contribution is 2.37. The molecule has 21 heavy (non-hydrogen) atoms. The molecule has 0 amide bonds. The summed E-state index contributed by atoms with van der Waals surface area (Å²) in [5.41, 5.74) is -1.25. The van der Waals surface area contributed by atoms with Crippen molar-refractivity contribution in [1.82, 2.24) is 4.98 Å². The van der Waals surface area contributed by atoms with Crippen molar-refractivity contribution in [3.8, 4) is 0 Å². The fourth-order valence-electron chi connectivity index (χ4n) is 1.82. The Bertz CT molecular complexity index is 522. The molecule has 0 aromatic carbocycles. The molecule has 0 bridgehead atoms. The molecule has 0 atom stereocenters. The summed E-state index contributed by atoms with van der Waals surface area (Å²) in [4.78, 5) is 3.76. The van der Waals surface area contributed by atoms with Crippen LogP contribution in [0.25, 0.3) is 6.08 Å². The van der Waals surface area contributed by atoms with E-state index in [1.165, 1.54) is 6.07 Å². The lowest BCUT2D eigenvalue weighted by Gasteiger charge is -2.32. The number of nitrogens with zero attached hydrogens (tertiary/aromatic N) is 1. The van der Waals surface area contributed by atoms with E-state index < -0.39 is 30.1 Å². The summed E-state index contributed by atoms with van der Waals surface area (Å²) < 4.78 is 48.8. The molecule has 7 heteroatoms. The van der Waals surface area contributed by atoms with Gasteiger partial charge in [0.05, 0.1) is 22.5 Å². The van der Waals surface area contributed by atoms with Crippen molar-refractivity contribution in [2.24, 2.45) is 0 Å². The third kappa shape index (κ3) is 3.47. The highest BCUT2D eigenvalue weighted by molar-refractivity contribution is 6.52. The van der Waals surface area contributed by atoms with Crippen molar-refractivity contribution in [1.29, 1.82) is 0 Å². The molecule has 3 nitrogen and oxygen atoms in total. The van der Waals surface area contributed by atoms with E-state index in [4.69, 9.17) is 9.31 Å². The molecule has 1 aliphatic rings. The van der Waals surface area contributed by atoms with Gasteiger partial charge in [0, 0.05) is 6.20 Å². The second-order valence-electron chi connectivity index (χ2n) is 5.95. The maximum absolute atomic E-state index is 12.4. The van der Waals surface area contributed by atoms with E-state index in [0.29, 0.717) is 5.69 Å². The van der Waals surface area contributed by atoms with Gasteiger partial charge in [0.1, 0.15) is 0 Å². The van der Waals surface area contributed by atoms with Gasteiger partial charge in [-0.3, -0.25) is 4.98 Å². The Morgan fingerprint density at radius 3 is 2.10 bits per heavy atom. The Hall–Kier alpha value is -1.34. The molecule has 1 saturated heterocycles. The number of hydrogen-bond acceptors (Lipinski definition) is 3. The summed E-state index contributed by atoms with van der Waals surface area (Å²) in [6, 6.07) is 2.31. The van der Waals surface area contributed by atoms with Gasteiger partial charge in [0.25, 0.3) is 0 Å². The summed E-state index contributed by atoms with van der Waals surface area (Å²) in [7, 11) is -0.543. The molecule has 1 aliphatic heterocycles. The number of halogens is 3. The van der Waals surface area contributed by atoms with Gasteiger partial charge in [-0.1, -0.05) is 5.98 Å². The largest absolute Gasteiger partial charge is 0.487 e. The Morgan fingerprint density at radius 1 is 1.10 bits per heavy atom. The molecule has 0 radical (unpaired) electrons. The molecule has 0 unspecified atom stereocenters. The topological polar surface area (TPSA) is 31.4 Å². The molecule has 2 rings (SSSR count). The molecule has 0 aliphatic carbocycles. The lowest BCUT2D eigenvalue weighted by molar-refractivity contribution is -0.137. The van der Waals surface area contributed by atoms with Crippen LogP contribution in [0.15, 0.2) is 24.3 Å². The zero-order chi connectivity index (χ0) is 15.9. The summed E-state index contributed by atoms with van der Waals surface area (Å²) >= 11 is 0. The van der Waals surface area contributed by atoms with Crippen LogP contribution in [0, 0.1) is 0 Å². The zero-order valence-corrected chi connectivity index (χ0v) is 12.4. The van der Waals surface area contributed by atoms with E-state index in [9.17, 15) is 13.2 Å². The minimum Gasteiger partial charge on any atom is -0.400 e. The number of aromatic nitrogens is 1. The van der Waals surface area contributed by atoms with E-state index in [-0.39, 0.29) is 0 Å². The fraction of sp³-hybridized carbons (Fsp3) is 0.500. The number of pyridine rings is 1. The molecule has 0 spiro atoms. The predicted molar refractivity (Wildman–Crippen MR) is 74.4 cm³/mol. The van der Waals surface area contributed by atoms with Gasteiger partial charge in [0.2, 0.25) is 0 Å². The van der Waals surface area contributed by atoms with Gasteiger partial charge >= 0.3 is 13.3 Å².